The van der Waals surface area contributed by atoms with Crippen LogP contribution in [0.4, 0.5) is 0 Å². The summed E-state index contributed by atoms with van der Waals surface area (Å²) in [7, 11) is 0. The number of rotatable bonds is 7. The highest BCUT2D eigenvalue weighted by Crippen LogP contribution is 2.51. The lowest BCUT2D eigenvalue weighted by atomic mass is 9.77. The zero-order chi connectivity index (χ0) is 21.9. The van der Waals surface area contributed by atoms with Crippen molar-refractivity contribution in [3.05, 3.63) is 23.1 Å². The highest BCUT2D eigenvalue weighted by molar-refractivity contribution is 7.98. The molecule has 2 aliphatic heterocycles. The molecule has 0 saturated carbocycles. The summed E-state index contributed by atoms with van der Waals surface area (Å²) in [5.41, 5.74) is 6.11. The number of hydrogen-bond donors (Lipinski definition) is 4. The Morgan fingerprint density at radius 1 is 1.43 bits per heavy atom. The van der Waals surface area contributed by atoms with E-state index in [-0.39, 0.29) is 23.6 Å². The van der Waals surface area contributed by atoms with Gasteiger partial charge >= 0.3 is 5.97 Å². The van der Waals surface area contributed by atoms with Crippen molar-refractivity contribution < 1.29 is 29.5 Å². The number of aromatic nitrogens is 2. The number of fused-ring (bicyclic) bond motifs is 2. The number of aliphatic hydroxyl groups is 2. The smallest absolute Gasteiger partial charge is 0.352 e. The first kappa shape index (κ1) is 21.3. The quantitative estimate of drug-likeness (QED) is 0.206. The fraction of sp³-hybridized carbons (Fsp3) is 0.526. The number of aliphatic hydroxyl groups excluding tert-OH is 2. The summed E-state index contributed by atoms with van der Waals surface area (Å²) in [6.45, 7) is 4.05. The Morgan fingerprint density at radius 3 is 2.70 bits per heavy atom. The van der Waals surface area contributed by atoms with E-state index in [9.17, 15) is 24.9 Å². The van der Waals surface area contributed by atoms with Crippen LogP contribution in [0.25, 0.3) is 10.4 Å². The van der Waals surface area contributed by atoms with Crippen LogP contribution in [0.3, 0.4) is 0 Å². The maximum Gasteiger partial charge on any atom is 0.352 e. The molecule has 30 heavy (non-hydrogen) atoms. The van der Waals surface area contributed by atoms with E-state index in [2.05, 4.69) is 0 Å². The Hall–Kier alpha value is -1.92. The summed E-state index contributed by atoms with van der Waals surface area (Å²) in [5.74, 6) is -2.24. The standard InChI is InChI=1S/C19H24N4O5S2/c1-8-12(15(19(27)28)23-14(8)13(9(2)24)16(23)26)10-6-22-7-21(5-4-11(20)25)17(29-3)18(22)30-10/h6-9,11,13-14,24-25H,4-5,20H2,1-3H3/p+1/t8-,9+,11-,13+,14+/m0/s1. The lowest BCUT2D eigenvalue weighted by Crippen LogP contribution is -2.63. The van der Waals surface area contributed by atoms with Crippen LogP contribution >= 0.6 is 23.1 Å². The molecule has 2 aromatic heterocycles. The predicted molar refractivity (Wildman–Crippen MR) is 112 cm³/mol. The molecule has 0 aliphatic carbocycles. The maximum absolute atomic E-state index is 12.5. The number of thioether (sulfide) groups is 1. The molecule has 1 saturated heterocycles. The topological polar surface area (TPSA) is 132 Å². The highest BCUT2D eigenvalue weighted by Gasteiger charge is 2.60. The summed E-state index contributed by atoms with van der Waals surface area (Å²) in [5, 5.41) is 30.2. The first-order valence-corrected chi connectivity index (χ1v) is 11.7. The van der Waals surface area contributed by atoms with Gasteiger partial charge in [0.2, 0.25) is 15.8 Å². The number of aliphatic carboxylic acids is 1. The molecule has 1 amide bonds. The number of nitrogens with zero attached hydrogens (tertiary/aromatic N) is 3. The van der Waals surface area contributed by atoms with Crippen LogP contribution in [0.15, 0.2) is 23.2 Å². The van der Waals surface area contributed by atoms with Gasteiger partial charge < -0.3 is 26.0 Å². The summed E-state index contributed by atoms with van der Waals surface area (Å²) in [4.78, 5) is 27.7. The van der Waals surface area contributed by atoms with Gasteiger partial charge in [0.05, 0.1) is 29.5 Å². The molecular weight excluding hydrogens is 428 g/mol. The van der Waals surface area contributed by atoms with Crippen LogP contribution in [-0.4, -0.2) is 61.1 Å². The van der Waals surface area contributed by atoms with Crippen LogP contribution in [0.2, 0.25) is 0 Å². The van der Waals surface area contributed by atoms with Crippen LogP contribution in [0.1, 0.15) is 25.1 Å². The second-order valence-corrected chi connectivity index (χ2v) is 9.63. The van der Waals surface area contributed by atoms with Gasteiger partial charge in [-0.1, -0.05) is 30.0 Å². The predicted octanol–water partition coefficient (Wildman–Crippen LogP) is 0.331. The Balaban J connectivity index is 1.77. The molecule has 0 spiro atoms. The monoisotopic (exact) mass is 453 g/mol. The number of aryl methyl sites for hydroxylation is 1. The Bertz CT molecular complexity index is 1060. The van der Waals surface area contributed by atoms with Gasteiger partial charge in [0.25, 0.3) is 6.33 Å². The van der Waals surface area contributed by atoms with Gasteiger partial charge in [0.1, 0.15) is 18.1 Å². The maximum atomic E-state index is 12.5. The van der Waals surface area contributed by atoms with Crippen LogP contribution < -0.4 is 10.3 Å². The SMILES string of the molecule is CSc1c2sc(C3=C(C(=O)O)N4C(=O)[C@H]([C@@H](C)O)[C@H]4[C@H]3C)cn2c[n+]1CC[C@@H](N)O. The average Bonchev–Trinajstić information content (AvgIpc) is 3.26. The van der Waals surface area contributed by atoms with Crippen molar-refractivity contribution >= 4 is 45.4 Å². The molecule has 4 heterocycles. The van der Waals surface area contributed by atoms with Gasteiger partial charge in [-0.15, -0.1) is 0 Å². The molecule has 5 atom stereocenters. The van der Waals surface area contributed by atoms with E-state index in [0.717, 1.165) is 14.7 Å². The second-order valence-electron chi connectivity index (χ2n) is 7.80. The number of carbonyl (C=O) groups is 2. The van der Waals surface area contributed by atoms with Crippen molar-refractivity contribution in [3.8, 4) is 0 Å². The lowest BCUT2D eigenvalue weighted by molar-refractivity contribution is -0.730. The van der Waals surface area contributed by atoms with Crippen molar-refractivity contribution in [2.24, 2.45) is 17.6 Å². The number of β-lactam (4-membered cyclic amide) rings is 1. The minimum Gasteiger partial charge on any atom is -0.477 e. The molecule has 2 aliphatic rings. The second kappa shape index (κ2) is 7.65. The molecule has 0 aromatic carbocycles. The van der Waals surface area contributed by atoms with E-state index in [1.807, 2.05) is 34.7 Å². The van der Waals surface area contributed by atoms with Gasteiger partial charge in [0.15, 0.2) is 0 Å². The number of imidazole rings is 1. The molecule has 0 bridgehead atoms. The Kier molecular flexibility index (Phi) is 5.43. The molecule has 0 radical (unpaired) electrons. The minimum atomic E-state index is -1.13. The number of hydrogen-bond acceptors (Lipinski definition) is 7. The first-order chi connectivity index (χ1) is 14.2. The zero-order valence-electron chi connectivity index (χ0n) is 16.8. The van der Waals surface area contributed by atoms with Crippen molar-refractivity contribution in [1.29, 1.82) is 0 Å². The summed E-state index contributed by atoms with van der Waals surface area (Å²) in [6, 6.07) is -0.337. The van der Waals surface area contributed by atoms with Crippen LogP contribution in [0, 0.1) is 11.8 Å². The van der Waals surface area contributed by atoms with E-state index >= 15 is 0 Å². The number of thiazole rings is 1. The van der Waals surface area contributed by atoms with Gasteiger partial charge in [-0.25, -0.2) is 9.36 Å². The van der Waals surface area contributed by atoms with Gasteiger partial charge in [0, 0.05) is 17.9 Å². The first-order valence-electron chi connectivity index (χ1n) is 9.67. The summed E-state index contributed by atoms with van der Waals surface area (Å²) in [6.07, 6.45) is 4.47. The summed E-state index contributed by atoms with van der Waals surface area (Å²) >= 11 is 3.04. The van der Waals surface area contributed by atoms with E-state index in [4.69, 9.17) is 5.73 Å². The van der Waals surface area contributed by atoms with Gasteiger partial charge in [-0.3, -0.25) is 4.79 Å². The van der Waals surface area contributed by atoms with E-state index in [0.29, 0.717) is 18.5 Å². The third kappa shape index (κ3) is 3.07. The number of nitrogens with two attached hydrogens (primary N) is 1. The van der Waals surface area contributed by atoms with E-state index in [1.54, 1.807) is 18.7 Å². The fourth-order valence-electron chi connectivity index (χ4n) is 4.59. The fourth-order valence-corrected chi connectivity index (χ4v) is 6.79. The van der Waals surface area contributed by atoms with Gasteiger partial charge in [-0.2, -0.15) is 4.40 Å². The summed E-state index contributed by atoms with van der Waals surface area (Å²) < 4.78 is 3.96. The Morgan fingerprint density at radius 2 is 2.13 bits per heavy atom. The number of carboxylic acids is 1. The van der Waals surface area contributed by atoms with Crippen molar-refractivity contribution in [3.63, 3.8) is 0 Å². The highest BCUT2D eigenvalue weighted by atomic mass is 32.2. The molecule has 11 heteroatoms. The molecular formula is C19H25N4O5S2+. The Labute approximate surface area is 181 Å². The number of carbonyl (C=O) groups excluding carboxylic acids is 1. The molecule has 1 fully saturated rings. The van der Waals surface area contributed by atoms with Crippen molar-refractivity contribution in [2.45, 2.75) is 50.2 Å². The third-order valence-electron chi connectivity index (χ3n) is 5.90. The van der Waals surface area contributed by atoms with E-state index in [1.165, 1.54) is 16.2 Å². The average molecular weight is 454 g/mol. The lowest BCUT2D eigenvalue weighted by Gasteiger charge is -2.46. The van der Waals surface area contributed by atoms with Gasteiger partial charge in [-0.05, 0) is 13.2 Å². The number of carboxylic acid groups (broad SMARTS) is 1. The van der Waals surface area contributed by atoms with Crippen LogP contribution in [-0.2, 0) is 16.1 Å². The molecule has 162 valence electrons. The normalized spacial score (nSPS) is 25.6. The molecule has 5 N–H and O–H groups in total. The number of amides is 1. The zero-order valence-corrected chi connectivity index (χ0v) is 18.5. The molecule has 2 aromatic rings. The molecule has 4 rings (SSSR count). The molecule has 9 nitrogen and oxygen atoms in total. The van der Waals surface area contributed by atoms with Crippen LogP contribution in [0.5, 0.6) is 0 Å². The molecule has 0 unspecified atom stereocenters. The van der Waals surface area contributed by atoms with Crippen molar-refractivity contribution in [2.75, 3.05) is 6.26 Å². The minimum absolute atomic E-state index is 0.0173. The van der Waals surface area contributed by atoms with Crippen molar-refractivity contribution in [1.82, 2.24) is 9.30 Å². The third-order valence-corrected chi connectivity index (χ3v) is 7.99. The van der Waals surface area contributed by atoms with E-state index < -0.39 is 24.2 Å². The largest absolute Gasteiger partial charge is 0.477 e.